The Labute approximate surface area is 198 Å². The number of pyridine rings is 1. The second-order valence-corrected chi connectivity index (χ2v) is 9.48. The average Bonchev–Trinajstić information content (AvgIpc) is 2.83. The molecule has 0 bridgehead atoms. The van der Waals surface area contributed by atoms with E-state index in [2.05, 4.69) is 16.9 Å². The monoisotopic (exact) mass is 483 g/mol. The third kappa shape index (κ3) is 5.60. The van der Waals surface area contributed by atoms with Gasteiger partial charge >= 0.3 is 0 Å². The molecule has 0 aliphatic rings. The number of benzene rings is 2. The first kappa shape index (κ1) is 24.9. The number of halogens is 1. The summed E-state index contributed by atoms with van der Waals surface area (Å²) in [7, 11) is -2.56. The van der Waals surface area contributed by atoms with E-state index in [9.17, 15) is 17.6 Å². The van der Waals surface area contributed by atoms with Gasteiger partial charge in [-0.05, 0) is 36.8 Å². The molecule has 178 valence electrons. The van der Waals surface area contributed by atoms with E-state index in [4.69, 9.17) is 4.74 Å². The fraction of sp³-hybridized carbons (Fsp3) is 0.200. The van der Waals surface area contributed by atoms with E-state index in [0.29, 0.717) is 23.6 Å². The summed E-state index contributed by atoms with van der Waals surface area (Å²) in [6.45, 7) is 5.98. The number of nitrogens with zero attached hydrogens (tertiary/aromatic N) is 2. The lowest BCUT2D eigenvalue weighted by Gasteiger charge is -2.22. The van der Waals surface area contributed by atoms with Gasteiger partial charge in [0.2, 0.25) is 9.84 Å². The first-order chi connectivity index (χ1) is 16.3. The molecule has 1 atom stereocenters. The minimum Gasteiger partial charge on any atom is -0.492 e. The Hall–Kier alpha value is -3.72. The van der Waals surface area contributed by atoms with Crippen molar-refractivity contribution < 1.29 is 22.3 Å². The third-order valence-electron chi connectivity index (χ3n) is 5.01. The fourth-order valence-electron chi connectivity index (χ4n) is 3.40. The molecule has 0 saturated heterocycles. The number of rotatable bonds is 10. The van der Waals surface area contributed by atoms with Crippen LogP contribution in [0.1, 0.15) is 22.8 Å². The maximum atomic E-state index is 13.6. The molecule has 9 heteroatoms. The molecule has 0 aliphatic heterocycles. The van der Waals surface area contributed by atoms with Crippen LogP contribution in [0.5, 0.6) is 5.75 Å². The van der Waals surface area contributed by atoms with Gasteiger partial charge in [0.05, 0.1) is 29.0 Å². The third-order valence-corrected chi connectivity index (χ3v) is 6.95. The van der Waals surface area contributed by atoms with Crippen LogP contribution >= 0.6 is 0 Å². The van der Waals surface area contributed by atoms with E-state index in [0.717, 1.165) is 0 Å². The summed E-state index contributed by atoms with van der Waals surface area (Å²) in [6, 6.07) is 13.5. The number of anilines is 1. The first-order valence-corrected chi connectivity index (χ1v) is 12.1. The van der Waals surface area contributed by atoms with Crippen molar-refractivity contribution in [2.24, 2.45) is 0 Å². The number of amides is 1. The molecular weight excluding hydrogens is 457 g/mol. The van der Waals surface area contributed by atoms with Crippen LogP contribution < -0.4 is 10.1 Å². The van der Waals surface area contributed by atoms with E-state index >= 15 is 0 Å². The van der Waals surface area contributed by atoms with Crippen molar-refractivity contribution in [3.05, 3.63) is 96.6 Å². The van der Waals surface area contributed by atoms with Crippen molar-refractivity contribution in [1.29, 1.82) is 0 Å². The molecule has 1 amide bonds. The van der Waals surface area contributed by atoms with E-state index in [1.54, 1.807) is 30.3 Å². The number of carbonyl (C=O) groups excluding carboxylic acids is 1. The normalized spacial score (nSPS) is 12.0. The summed E-state index contributed by atoms with van der Waals surface area (Å²) in [4.78, 5) is 18.4. The molecular formula is C25H26FN3O4S. The predicted octanol–water partition coefficient (Wildman–Crippen LogP) is 4.29. The number of aromatic nitrogens is 1. The van der Waals surface area contributed by atoms with Crippen molar-refractivity contribution in [2.75, 3.05) is 19.0 Å². The van der Waals surface area contributed by atoms with Gasteiger partial charge in [-0.3, -0.25) is 9.78 Å². The lowest BCUT2D eigenvalue weighted by atomic mass is 10.1. The van der Waals surface area contributed by atoms with Gasteiger partial charge in [0.15, 0.2) is 5.37 Å². The maximum Gasteiger partial charge on any atom is 0.255 e. The van der Waals surface area contributed by atoms with Crippen LogP contribution in [0.2, 0.25) is 0 Å². The summed E-state index contributed by atoms with van der Waals surface area (Å²) in [5, 5.41) is 1.65. The molecule has 0 spiro atoms. The minimum absolute atomic E-state index is 0.00581. The molecule has 0 aliphatic carbocycles. The fourth-order valence-corrected chi connectivity index (χ4v) is 4.94. The van der Waals surface area contributed by atoms with Crippen LogP contribution in [-0.4, -0.2) is 43.2 Å². The first-order valence-electron chi connectivity index (χ1n) is 10.6. The Morgan fingerprint density at radius 2 is 2.00 bits per heavy atom. The van der Waals surface area contributed by atoms with Crippen LogP contribution in [0.3, 0.4) is 0 Å². The lowest BCUT2D eigenvalue weighted by molar-refractivity contribution is 0.0781. The zero-order valence-corrected chi connectivity index (χ0v) is 19.8. The van der Waals surface area contributed by atoms with Crippen LogP contribution in [-0.2, 0) is 16.4 Å². The van der Waals surface area contributed by atoms with Gasteiger partial charge in [0, 0.05) is 25.9 Å². The summed E-state index contributed by atoms with van der Waals surface area (Å²) >= 11 is 0. The van der Waals surface area contributed by atoms with Gasteiger partial charge in [0.1, 0.15) is 11.6 Å². The zero-order valence-electron chi connectivity index (χ0n) is 18.9. The van der Waals surface area contributed by atoms with Gasteiger partial charge in [0.25, 0.3) is 5.91 Å². The van der Waals surface area contributed by atoms with Crippen LogP contribution in [0.15, 0.2) is 84.5 Å². The molecule has 1 unspecified atom stereocenters. The molecule has 3 rings (SSSR count). The summed E-state index contributed by atoms with van der Waals surface area (Å²) in [6.07, 6.45) is 4.24. The van der Waals surface area contributed by atoms with Crippen molar-refractivity contribution in [3.8, 4) is 5.75 Å². The topological polar surface area (TPSA) is 88.6 Å². The molecule has 1 aromatic heterocycles. The molecule has 2 aromatic carbocycles. The number of hydrogen-bond donors (Lipinski definition) is 1. The number of sulfone groups is 1. The smallest absolute Gasteiger partial charge is 0.255 e. The van der Waals surface area contributed by atoms with E-state index < -0.39 is 26.9 Å². The molecule has 7 nitrogen and oxygen atoms in total. The van der Waals surface area contributed by atoms with Crippen LogP contribution in [0, 0.1) is 5.82 Å². The lowest BCUT2D eigenvalue weighted by Crippen LogP contribution is -2.32. The Balaban J connectivity index is 1.92. The van der Waals surface area contributed by atoms with E-state index in [1.807, 2.05) is 6.92 Å². The Bertz CT molecular complexity index is 1280. The van der Waals surface area contributed by atoms with Crippen LogP contribution in [0.4, 0.5) is 10.1 Å². The Kier molecular flexibility index (Phi) is 8.01. The largest absolute Gasteiger partial charge is 0.492 e. The van der Waals surface area contributed by atoms with Gasteiger partial charge in [-0.15, -0.1) is 0 Å². The number of carbonyl (C=O) groups is 1. The Morgan fingerprint density at radius 1 is 1.24 bits per heavy atom. The molecule has 0 fully saturated rings. The predicted molar refractivity (Wildman–Crippen MR) is 129 cm³/mol. The SMILES string of the molecule is C=CC(Nc1cnccc1OCC)S(=O)(=O)c1ccccc1C(=O)N(C)Cc1cccc(F)c1. The van der Waals surface area contributed by atoms with Crippen molar-refractivity contribution >= 4 is 21.4 Å². The zero-order chi connectivity index (χ0) is 24.7. The van der Waals surface area contributed by atoms with E-state index in [-0.39, 0.29) is 17.0 Å². The highest BCUT2D eigenvalue weighted by Gasteiger charge is 2.31. The van der Waals surface area contributed by atoms with Crippen molar-refractivity contribution in [1.82, 2.24) is 9.88 Å². The van der Waals surface area contributed by atoms with Gasteiger partial charge < -0.3 is 15.0 Å². The Morgan fingerprint density at radius 3 is 2.71 bits per heavy atom. The molecule has 1 N–H and O–H groups in total. The second kappa shape index (κ2) is 10.9. The summed E-state index contributed by atoms with van der Waals surface area (Å²) in [5.41, 5.74) is 0.970. The minimum atomic E-state index is -4.09. The molecule has 0 radical (unpaired) electrons. The second-order valence-electron chi connectivity index (χ2n) is 7.44. The standard InChI is InChI=1S/C25H26FN3O4S/c1-4-24(28-21-16-27-14-13-22(21)33-5-2)34(31,32)23-12-7-6-11-20(23)25(30)29(3)17-18-9-8-10-19(26)15-18/h4,6-16,24,28H,1,5,17H2,2-3H3. The van der Waals surface area contributed by atoms with Gasteiger partial charge in [-0.25, -0.2) is 12.8 Å². The van der Waals surface area contributed by atoms with E-state index in [1.165, 1.54) is 54.7 Å². The molecule has 1 heterocycles. The van der Waals surface area contributed by atoms with Gasteiger partial charge in [-0.1, -0.05) is 36.9 Å². The average molecular weight is 484 g/mol. The summed E-state index contributed by atoms with van der Waals surface area (Å²) in [5.74, 6) is -0.482. The molecule has 3 aromatic rings. The highest BCUT2D eigenvalue weighted by Crippen LogP contribution is 2.28. The van der Waals surface area contributed by atoms with Crippen molar-refractivity contribution in [2.45, 2.75) is 23.7 Å². The van der Waals surface area contributed by atoms with Gasteiger partial charge in [-0.2, -0.15) is 0 Å². The molecule has 34 heavy (non-hydrogen) atoms. The number of hydrogen-bond acceptors (Lipinski definition) is 6. The van der Waals surface area contributed by atoms with Crippen LogP contribution in [0.25, 0.3) is 0 Å². The maximum absolute atomic E-state index is 13.6. The highest BCUT2D eigenvalue weighted by atomic mass is 32.2. The molecule has 0 saturated carbocycles. The quantitative estimate of drug-likeness (QED) is 0.433. The van der Waals surface area contributed by atoms with Crippen molar-refractivity contribution in [3.63, 3.8) is 0 Å². The summed E-state index contributed by atoms with van der Waals surface area (Å²) < 4.78 is 46.2. The highest BCUT2D eigenvalue weighted by molar-refractivity contribution is 7.92. The number of nitrogens with one attached hydrogen (secondary N) is 1. The number of ether oxygens (including phenoxy) is 1.